The van der Waals surface area contributed by atoms with Crippen molar-refractivity contribution < 1.29 is 9.53 Å². The van der Waals surface area contributed by atoms with Gasteiger partial charge in [0.05, 0.1) is 12.1 Å². The van der Waals surface area contributed by atoms with Gasteiger partial charge in [-0.3, -0.25) is 4.79 Å². The Bertz CT molecular complexity index is 538. The summed E-state index contributed by atoms with van der Waals surface area (Å²) >= 11 is 5.86. The van der Waals surface area contributed by atoms with Gasteiger partial charge in [0.15, 0.2) is 6.29 Å². The van der Waals surface area contributed by atoms with Crippen molar-refractivity contribution in [3.63, 3.8) is 0 Å². The summed E-state index contributed by atoms with van der Waals surface area (Å²) in [5.41, 5.74) is 2.28. The molecule has 0 fully saturated rings. The SMILES string of the molecule is COc1ccc(-c2ccc(Cl)c(C=O)c2)cn1. The molecule has 0 spiro atoms. The van der Waals surface area contributed by atoms with Crippen molar-refractivity contribution in [3.05, 3.63) is 47.1 Å². The van der Waals surface area contributed by atoms with Gasteiger partial charge in [0.2, 0.25) is 5.88 Å². The zero-order valence-corrected chi connectivity index (χ0v) is 9.94. The van der Waals surface area contributed by atoms with Gasteiger partial charge in [0.25, 0.3) is 0 Å². The Morgan fingerprint density at radius 3 is 2.59 bits per heavy atom. The third-order valence-corrected chi connectivity index (χ3v) is 2.75. The van der Waals surface area contributed by atoms with Gasteiger partial charge in [-0.2, -0.15) is 0 Å². The van der Waals surface area contributed by atoms with E-state index in [4.69, 9.17) is 16.3 Å². The highest BCUT2D eigenvalue weighted by Crippen LogP contribution is 2.24. The Balaban J connectivity index is 2.41. The van der Waals surface area contributed by atoms with Gasteiger partial charge >= 0.3 is 0 Å². The molecule has 0 saturated carbocycles. The number of ether oxygens (including phenoxy) is 1. The maximum atomic E-state index is 10.8. The Morgan fingerprint density at radius 2 is 2.00 bits per heavy atom. The first-order chi connectivity index (χ1) is 8.24. The maximum absolute atomic E-state index is 10.8. The first kappa shape index (κ1) is 11.6. The van der Waals surface area contributed by atoms with Crippen LogP contribution in [0.2, 0.25) is 5.02 Å². The minimum Gasteiger partial charge on any atom is -0.481 e. The van der Waals surface area contributed by atoms with Crippen LogP contribution >= 0.6 is 11.6 Å². The molecule has 4 heteroatoms. The summed E-state index contributed by atoms with van der Waals surface area (Å²) in [5, 5.41) is 0.449. The van der Waals surface area contributed by atoms with Crippen molar-refractivity contribution in [3.8, 4) is 17.0 Å². The summed E-state index contributed by atoms with van der Waals surface area (Å²) in [6.45, 7) is 0. The number of aldehydes is 1. The molecule has 17 heavy (non-hydrogen) atoms. The molecule has 0 aliphatic carbocycles. The summed E-state index contributed by atoms with van der Waals surface area (Å²) < 4.78 is 4.98. The minimum atomic E-state index is 0.449. The average molecular weight is 248 g/mol. The van der Waals surface area contributed by atoms with Crippen molar-refractivity contribution in [2.75, 3.05) is 7.11 Å². The second-order valence-electron chi connectivity index (χ2n) is 3.44. The van der Waals surface area contributed by atoms with Gasteiger partial charge in [0, 0.05) is 23.4 Å². The summed E-state index contributed by atoms with van der Waals surface area (Å²) in [4.78, 5) is 14.9. The maximum Gasteiger partial charge on any atom is 0.212 e. The Hall–Kier alpha value is -1.87. The number of pyridine rings is 1. The van der Waals surface area contributed by atoms with E-state index in [1.807, 2.05) is 12.1 Å². The summed E-state index contributed by atoms with van der Waals surface area (Å²) in [7, 11) is 1.56. The molecule has 0 radical (unpaired) electrons. The van der Waals surface area contributed by atoms with E-state index in [1.54, 1.807) is 31.5 Å². The highest BCUT2D eigenvalue weighted by Gasteiger charge is 2.03. The van der Waals surface area contributed by atoms with Crippen LogP contribution in [0.4, 0.5) is 0 Å². The Morgan fingerprint density at radius 1 is 1.24 bits per heavy atom. The zero-order valence-electron chi connectivity index (χ0n) is 9.18. The number of carbonyl (C=O) groups is 1. The van der Waals surface area contributed by atoms with E-state index in [0.717, 1.165) is 17.4 Å². The van der Waals surface area contributed by atoms with Gasteiger partial charge in [-0.25, -0.2) is 4.98 Å². The number of rotatable bonds is 3. The number of carbonyl (C=O) groups excluding carboxylic acids is 1. The van der Waals surface area contributed by atoms with Crippen molar-refractivity contribution in [2.24, 2.45) is 0 Å². The standard InChI is InChI=1S/C13H10ClNO2/c1-17-13-5-3-10(7-15-13)9-2-4-12(14)11(6-9)8-16/h2-8H,1H3. The van der Waals surface area contributed by atoms with E-state index in [0.29, 0.717) is 16.5 Å². The molecular weight excluding hydrogens is 238 g/mol. The van der Waals surface area contributed by atoms with Gasteiger partial charge < -0.3 is 4.74 Å². The molecule has 1 heterocycles. The van der Waals surface area contributed by atoms with Crippen LogP contribution in [0.5, 0.6) is 5.88 Å². The third kappa shape index (κ3) is 2.45. The minimum absolute atomic E-state index is 0.449. The number of hydrogen-bond acceptors (Lipinski definition) is 3. The highest BCUT2D eigenvalue weighted by atomic mass is 35.5. The van der Waals surface area contributed by atoms with E-state index in [1.165, 1.54) is 0 Å². The van der Waals surface area contributed by atoms with Crippen molar-refractivity contribution >= 4 is 17.9 Å². The second kappa shape index (κ2) is 4.97. The lowest BCUT2D eigenvalue weighted by molar-refractivity contribution is 0.112. The van der Waals surface area contributed by atoms with Crippen molar-refractivity contribution in [1.82, 2.24) is 4.98 Å². The van der Waals surface area contributed by atoms with Crippen LogP contribution in [-0.2, 0) is 0 Å². The van der Waals surface area contributed by atoms with Gasteiger partial charge in [-0.15, -0.1) is 0 Å². The molecule has 0 unspecified atom stereocenters. The predicted molar refractivity (Wildman–Crippen MR) is 66.6 cm³/mol. The second-order valence-corrected chi connectivity index (χ2v) is 3.85. The van der Waals surface area contributed by atoms with Crippen LogP contribution in [-0.4, -0.2) is 18.4 Å². The fourth-order valence-corrected chi connectivity index (χ4v) is 1.65. The predicted octanol–water partition coefficient (Wildman–Crippen LogP) is 3.22. The van der Waals surface area contributed by atoms with E-state index < -0.39 is 0 Å². The molecule has 1 aromatic heterocycles. The molecular formula is C13H10ClNO2. The summed E-state index contributed by atoms with van der Waals surface area (Å²) in [6, 6.07) is 8.93. The molecule has 0 amide bonds. The van der Waals surface area contributed by atoms with Crippen molar-refractivity contribution in [2.45, 2.75) is 0 Å². The lowest BCUT2D eigenvalue weighted by Gasteiger charge is -2.04. The molecule has 86 valence electrons. The monoisotopic (exact) mass is 247 g/mol. The first-order valence-corrected chi connectivity index (χ1v) is 5.37. The van der Waals surface area contributed by atoms with Crippen LogP contribution in [0, 0.1) is 0 Å². The molecule has 0 bridgehead atoms. The smallest absolute Gasteiger partial charge is 0.212 e. The molecule has 1 aromatic carbocycles. The van der Waals surface area contributed by atoms with Gasteiger partial charge in [-0.1, -0.05) is 17.7 Å². The summed E-state index contributed by atoms with van der Waals surface area (Å²) in [5.74, 6) is 0.554. The van der Waals surface area contributed by atoms with Crippen LogP contribution in [0.1, 0.15) is 10.4 Å². The van der Waals surface area contributed by atoms with Gasteiger partial charge in [0.1, 0.15) is 0 Å². The number of methoxy groups -OCH3 is 1. The normalized spacial score (nSPS) is 10.0. The Kier molecular flexibility index (Phi) is 3.40. The average Bonchev–Trinajstić information content (AvgIpc) is 2.39. The van der Waals surface area contributed by atoms with Crippen molar-refractivity contribution in [1.29, 1.82) is 0 Å². The molecule has 0 N–H and O–H groups in total. The zero-order chi connectivity index (χ0) is 12.3. The first-order valence-electron chi connectivity index (χ1n) is 4.99. The molecule has 2 aromatic rings. The lowest BCUT2D eigenvalue weighted by atomic mass is 10.1. The fraction of sp³-hybridized carbons (Fsp3) is 0.0769. The highest BCUT2D eigenvalue weighted by molar-refractivity contribution is 6.33. The number of aromatic nitrogens is 1. The fourth-order valence-electron chi connectivity index (χ4n) is 1.49. The molecule has 0 aliphatic rings. The largest absolute Gasteiger partial charge is 0.481 e. The number of benzene rings is 1. The molecule has 3 nitrogen and oxygen atoms in total. The lowest BCUT2D eigenvalue weighted by Crippen LogP contribution is -1.88. The van der Waals surface area contributed by atoms with Gasteiger partial charge in [-0.05, 0) is 23.8 Å². The van der Waals surface area contributed by atoms with E-state index >= 15 is 0 Å². The summed E-state index contributed by atoms with van der Waals surface area (Å²) in [6.07, 6.45) is 2.43. The number of nitrogens with zero attached hydrogens (tertiary/aromatic N) is 1. The molecule has 0 atom stereocenters. The van der Waals surface area contributed by atoms with Crippen LogP contribution in [0.25, 0.3) is 11.1 Å². The Labute approximate surface area is 104 Å². The van der Waals surface area contributed by atoms with E-state index in [2.05, 4.69) is 4.98 Å². The third-order valence-electron chi connectivity index (χ3n) is 2.40. The quantitative estimate of drug-likeness (QED) is 0.782. The number of hydrogen-bond donors (Lipinski definition) is 0. The number of halogens is 1. The van der Waals surface area contributed by atoms with E-state index in [-0.39, 0.29) is 0 Å². The molecule has 2 rings (SSSR count). The van der Waals surface area contributed by atoms with Crippen LogP contribution in [0.3, 0.4) is 0 Å². The molecule has 0 saturated heterocycles. The molecule has 0 aliphatic heterocycles. The topological polar surface area (TPSA) is 39.2 Å². The van der Waals surface area contributed by atoms with Crippen LogP contribution < -0.4 is 4.74 Å². The van der Waals surface area contributed by atoms with E-state index in [9.17, 15) is 4.79 Å². The van der Waals surface area contributed by atoms with Crippen LogP contribution in [0.15, 0.2) is 36.5 Å².